The van der Waals surface area contributed by atoms with Crippen LogP contribution in [0.15, 0.2) is 23.0 Å². The maximum absolute atomic E-state index is 14.0. The number of hydrogen-bond acceptors (Lipinski definition) is 2. The molecule has 1 fully saturated rings. The van der Waals surface area contributed by atoms with Crippen LogP contribution < -0.4 is 5.69 Å². The van der Waals surface area contributed by atoms with Crippen LogP contribution in [-0.4, -0.2) is 14.3 Å². The molecule has 0 radical (unpaired) electrons. The second kappa shape index (κ2) is 6.87. The normalized spacial score (nSPS) is 16.0. The SMILES string of the molecule is Cn1nc(CC2CCCCC2)n(Cc2c(F)cccc2Cl)c1=O. The summed E-state index contributed by atoms with van der Waals surface area (Å²) in [5.41, 5.74) is 0.115. The zero-order valence-electron chi connectivity index (χ0n) is 13.3. The second-order valence-corrected chi connectivity index (χ2v) is 6.72. The molecule has 6 heteroatoms. The summed E-state index contributed by atoms with van der Waals surface area (Å²) in [7, 11) is 1.63. The Morgan fingerprint density at radius 1 is 1.30 bits per heavy atom. The van der Waals surface area contributed by atoms with Gasteiger partial charge in [-0.15, -0.1) is 0 Å². The van der Waals surface area contributed by atoms with Gasteiger partial charge in [0.2, 0.25) is 0 Å². The number of aryl methyl sites for hydroxylation is 1. The van der Waals surface area contributed by atoms with Crippen LogP contribution in [0.2, 0.25) is 5.02 Å². The Kier molecular flexibility index (Phi) is 4.85. The van der Waals surface area contributed by atoms with E-state index in [4.69, 9.17) is 11.6 Å². The molecule has 2 aromatic rings. The lowest BCUT2D eigenvalue weighted by atomic mass is 9.87. The van der Waals surface area contributed by atoms with Gasteiger partial charge in [0, 0.05) is 24.1 Å². The Morgan fingerprint density at radius 2 is 2.04 bits per heavy atom. The summed E-state index contributed by atoms with van der Waals surface area (Å²) in [6.07, 6.45) is 6.87. The topological polar surface area (TPSA) is 39.8 Å². The summed E-state index contributed by atoms with van der Waals surface area (Å²) < 4.78 is 16.9. The first-order valence-corrected chi connectivity index (χ1v) is 8.49. The van der Waals surface area contributed by atoms with Gasteiger partial charge >= 0.3 is 5.69 Å². The molecule has 0 amide bonds. The van der Waals surface area contributed by atoms with Crippen molar-refractivity contribution in [2.75, 3.05) is 0 Å². The lowest BCUT2D eigenvalue weighted by molar-refractivity contribution is 0.347. The lowest BCUT2D eigenvalue weighted by Gasteiger charge is -2.21. The molecule has 0 aliphatic heterocycles. The first-order valence-electron chi connectivity index (χ1n) is 8.12. The molecule has 4 nitrogen and oxygen atoms in total. The van der Waals surface area contributed by atoms with E-state index in [0.29, 0.717) is 16.5 Å². The highest BCUT2D eigenvalue weighted by atomic mass is 35.5. The van der Waals surface area contributed by atoms with E-state index in [-0.39, 0.29) is 12.2 Å². The predicted octanol–water partition coefficient (Wildman–Crippen LogP) is 3.55. The third-order valence-corrected chi connectivity index (χ3v) is 5.01. The maximum atomic E-state index is 14.0. The molecule has 1 aromatic heterocycles. The van der Waals surface area contributed by atoms with Gasteiger partial charge in [0.15, 0.2) is 0 Å². The molecule has 3 rings (SSSR count). The van der Waals surface area contributed by atoms with E-state index in [1.165, 1.54) is 42.9 Å². The van der Waals surface area contributed by atoms with Gasteiger partial charge < -0.3 is 0 Å². The lowest BCUT2D eigenvalue weighted by Crippen LogP contribution is -2.25. The van der Waals surface area contributed by atoms with E-state index in [9.17, 15) is 9.18 Å². The number of hydrogen-bond donors (Lipinski definition) is 0. The minimum Gasteiger partial charge on any atom is -0.274 e. The van der Waals surface area contributed by atoms with E-state index in [0.717, 1.165) is 12.2 Å². The third-order valence-electron chi connectivity index (χ3n) is 4.66. The standard InChI is InChI=1S/C17H21ClFN3O/c1-21-17(23)22(11-13-14(18)8-5-9-15(13)19)16(20-21)10-12-6-3-2-4-7-12/h5,8-9,12H,2-4,6-7,10-11H2,1H3. The highest BCUT2D eigenvalue weighted by Gasteiger charge is 2.20. The molecule has 124 valence electrons. The van der Waals surface area contributed by atoms with E-state index < -0.39 is 5.82 Å². The number of halogens is 2. The van der Waals surface area contributed by atoms with Gasteiger partial charge in [-0.3, -0.25) is 4.57 Å². The van der Waals surface area contributed by atoms with Crippen LogP contribution in [0.4, 0.5) is 4.39 Å². The van der Waals surface area contributed by atoms with Crippen LogP contribution in [0.3, 0.4) is 0 Å². The summed E-state index contributed by atoms with van der Waals surface area (Å²) in [6.45, 7) is 0.125. The Labute approximate surface area is 139 Å². The van der Waals surface area contributed by atoms with Gasteiger partial charge in [-0.2, -0.15) is 5.10 Å². The third kappa shape index (κ3) is 3.50. The fourth-order valence-electron chi connectivity index (χ4n) is 3.36. The van der Waals surface area contributed by atoms with Gasteiger partial charge in [-0.1, -0.05) is 49.8 Å². The Balaban J connectivity index is 1.90. The first kappa shape index (κ1) is 16.2. The van der Waals surface area contributed by atoms with Crippen LogP contribution in [0.5, 0.6) is 0 Å². The van der Waals surface area contributed by atoms with Crippen molar-refractivity contribution < 1.29 is 4.39 Å². The second-order valence-electron chi connectivity index (χ2n) is 6.32. The van der Waals surface area contributed by atoms with Crippen LogP contribution in [0.25, 0.3) is 0 Å². The number of benzene rings is 1. The zero-order valence-corrected chi connectivity index (χ0v) is 14.0. The molecule has 23 heavy (non-hydrogen) atoms. The minimum atomic E-state index is -0.392. The summed E-state index contributed by atoms with van der Waals surface area (Å²) in [5, 5.41) is 4.70. The highest BCUT2D eigenvalue weighted by molar-refractivity contribution is 6.31. The first-order chi connectivity index (χ1) is 11.1. The molecular weight excluding hydrogens is 317 g/mol. The van der Waals surface area contributed by atoms with Crippen molar-refractivity contribution in [2.45, 2.75) is 45.1 Å². The van der Waals surface area contributed by atoms with Crippen molar-refractivity contribution >= 4 is 11.6 Å². The number of aromatic nitrogens is 3. The molecule has 0 N–H and O–H groups in total. The monoisotopic (exact) mass is 337 g/mol. The summed E-state index contributed by atoms with van der Waals surface area (Å²) >= 11 is 6.10. The van der Waals surface area contributed by atoms with Crippen molar-refractivity contribution in [3.05, 3.63) is 50.9 Å². The fourth-order valence-corrected chi connectivity index (χ4v) is 3.58. The van der Waals surface area contributed by atoms with Gasteiger partial charge in [-0.25, -0.2) is 13.9 Å². The summed E-state index contributed by atoms with van der Waals surface area (Å²) in [6, 6.07) is 4.57. The quantitative estimate of drug-likeness (QED) is 0.856. The molecule has 1 aliphatic rings. The summed E-state index contributed by atoms with van der Waals surface area (Å²) in [4.78, 5) is 12.4. The van der Waals surface area contributed by atoms with E-state index >= 15 is 0 Å². The van der Waals surface area contributed by atoms with E-state index in [2.05, 4.69) is 5.10 Å². The predicted molar refractivity (Wildman–Crippen MR) is 88.3 cm³/mol. The largest absolute Gasteiger partial charge is 0.345 e. The molecule has 0 unspecified atom stereocenters. The minimum absolute atomic E-state index is 0.125. The molecule has 0 atom stereocenters. The number of nitrogens with zero attached hydrogens (tertiary/aromatic N) is 3. The van der Waals surface area contributed by atoms with Crippen molar-refractivity contribution in [2.24, 2.45) is 13.0 Å². The van der Waals surface area contributed by atoms with Gasteiger partial charge in [0.1, 0.15) is 11.6 Å². The van der Waals surface area contributed by atoms with Crippen LogP contribution in [0.1, 0.15) is 43.5 Å². The van der Waals surface area contributed by atoms with E-state index in [1.54, 1.807) is 23.7 Å². The Morgan fingerprint density at radius 3 is 2.74 bits per heavy atom. The van der Waals surface area contributed by atoms with Crippen LogP contribution >= 0.6 is 11.6 Å². The average Bonchev–Trinajstić information content (AvgIpc) is 2.79. The molecule has 0 saturated heterocycles. The molecule has 1 saturated carbocycles. The number of rotatable bonds is 4. The zero-order chi connectivity index (χ0) is 16.4. The van der Waals surface area contributed by atoms with Gasteiger partial charge in [0.25, 0.3) is 0 Å². The molecule has 1 heterocycles. The molecular formula is C17H21ClFN3O. The van der Waals surface area contributed by atoms with Crippen molar-refractivity contribution in [1.29, 1.82) is 0 Å². The van der Waals surface area contributed by atoms with Crippen molar-refractivity contribution in [3.63, 3.8) is 0 Å². The molecule has 0 bridgehead atoms. The smallest absolute Gasteiger partial charge is 0.274 e. The molecule has 0 spiro atoms. The molecule has 1 aliphatic carbocycles. The van der Waals surface area contributed by atoms with E-state index in [1.807, 2.05) is 0 Å². The van der Waals surface area contributed by atoms with Crippen molar-refractivity contribution in [3.8, 4) is 0 Å². The van der Waals surface area contributed by atoms with Gasteiger partial charge in [-0.05, 0) is 18.1 Å². The highest BCUT2D eigenvalue weighted by Crippen LogP contribution is 2.26. The average molecular weight is 338 g/mol. The fraction of sp³-hybridized carbons (Fsp3) is 0.529. The van der Waals surface area contributed by atoms with Crippen LogP contribution in [0, 0.1) is 11.7 Å². The molecule has 1 aromatic carbocycles. The Bertz CT molecular complexity index is 727. The maximum Gasteiger partial charge on any atom is 0.345 e. The Hall–Kier alpha value is -1.62. The van der Waals surface area contributed by atoms with Crippen LogP contribution in [-0.2, 0) is 20.0 Å². The van der Waals surface area contributed by atoms with Gasteiger partial charge in [0.05, 0.1) is 6.54 Å². The summed E-state index contributed by atoms with van der Waals surface area (Å²) in [5.74, 6) is 0.890. The van der Waals surface area contributed by atoms with Crippen molar-refractivity contribution in [1.82, 2.24) is 14.3 Å².